The van der Waals surface area contributed by atoms with E-state index in [-0.39, 0.29) is 0 Å². The second kappa shape index (κ2) is 7.84. The molecule has 0 aliphatic heterocycles. The summed E-state index contributed by atoms with van der Waals surface area (Å²) in [4.78, 5) is 0. The van der Waals surface area contributed by atoms with Crippen molar-refractivity contribution in [2.24, 2.45) is 5.92 Å². The van der Waals surface area contributed by atoms with Gasteiger partial charge in [0.2, 0.25) is 0 Å². The lowest BCUT2D eigenvalue weighted by atomic mass is 10.1. The molecule has 0 spiro atoms. The predicted octanol–water partition coefficient (Wildman–Crippen LogP) is 4.79. The lowest BCUT2D eigenvalue weighted by molar-refractivity contribution is 0.464. The van der Waals surface area contributed by atoms with Gasteiger partial charge in [-0.3, -0.25) is 0 Å². The van der Waals surface area contributed by atoms with E-state index in [0.717, 1.165) is 31.0 Å². The lowest BCUT2D eigenvalue weighted by Gasteiger charge is -2.14. The SMILES string of the molecule is CCc1ccccc1Oc1ccccc1CNCC(C)C. The molecule has 0 saturated heterocycles. The van der Waals surface area contributed by atoms with Gasteiger partial charge in [-0.15, -0.1) is 0 Å². The van der Waals surface area contributed by atoms with E-state index >= 15 is 0 Å². The third kappa shape index (κ3) is 4.61. The zero-order chi connectivity index (χ0) is 15.1. The molecule has 0 amide bonds. The average Bonchev–Trinajstić information content (AvgIpc) is 2.49. The first-order valence-electron chi connectivity index (χ1n) is 7.75. The van der Waals surface area contributed by atoms with E-state index in [2.05, 4.69) is 50.4 Å². The fourth-order valence-electron chi connectivity index (χ4n) is 2.26. The van der Waals surface area contributed by atoms with Crippen molar-refractivity contribution in [2.75, 3.05) is 6.54 Å². The van der Waals surface area contributed by atoms with Gasteiger partial charge in [0, 0.05) is 12.1 Å². The van der Waals surface area contributed by atoms with Gasteiger partial charge >= 0.3 is 0 Å². The molecule has 0 atom stereocenters. The average molecular weight is 283 g/mol. The molecule has 0 fully saturated rings. The molecular formula is C19H25NO. The van der Waals surface area contributed by atoms with Crippen molar-refractivity contribution in [3.63, 3.8) is 0 Å². The number of nitrogens with one attached hydrogen (secondary N) is 1. The van der Waals surface area contributed by atoms with Crippen LogP contribution in [0.25, 0.3) is 0 Å². The fourth-order valence-corrected chi connectivity index (χ4v) is 2.26. The van der Waals surface area contributed by atoms with Gasteiger partial charge in [-0.25, -0.2) is 0 Å². The van der Waals surface area contributed by atoms with Crippen LogP contribution in [0.1, 0.15) is 31.9 Å². The van der Waals surface area contributed by atoms with Gasteiger partial charge in [-0.1, -0.05) is 57.2 Å². The molecule has 0 unspecified atom stereocenters. The molecule has 0 radical (unpaired) electrons. The standard InChI is InChI=1S/C19H25NO/c1-4-16-9-5-7-11-18(16)21-19-12-8-6-10-17(19)14-20-13-15(2)3/h5-12,15,20H,4,13-14H2,1-3H3. The van der Waals surface area contributed by atoms with E-state index in [4.69, 9.17) is 4.74 Å². The molecular weight excluding hydrogens is 258 g/mol. The number of rotatable bonds is 7. The highest BCUT2D eigenvalue weighted by Gasteiger charge is 2.07. The normalized spacial score (nSPS) is 10.9. The zero-order valence-corrected chi connectivity index (χ0v) is 13.2. The predicted molar refractivity (Wildman–Crippen MR) is 88.9 cm³/mol. The van der Waals surface area contributed by atoms with Crippen LogP contribution in [0.2, 0.25) is 0 Å². The molecule has 2 aromatic rings. The Kier molecular flexibility index (Phi) is 5.82. The molecule has 0 aliphatic rings. The maximum Gasteiger partial charge on any atom is 0.131 e. The summed E-state index contributed by atoms with van der Waals surface area (Å²) >= 11 is 0. The summed E-state index contributed by atoms with van der Waals surface area (Å²) in [6, 6.07) is 16.5. The van der Waals surface area contributed by atoms with E-state index in [1.165, 1.54) is 11.1 Å². The molecule has 112 valence electrons. The maximum absolute atomic E-state index is 6.15. The van der Waals surface area contributed by atoms with Crippen molar-refractivity contribution < 1.29 is 4.74 Å². The van der Waals surface area contributed by atoms with Crippen LogP contribution in [0.3, 0.4) is 0 Å². The number of para-hydroxylation sites is 2. The summed E-state index contributed by atoms with van der Waals surface area (Å²) in [5.74, 6) is 2.55. The van der Waals surface area contributed by atoms with Crippen LogP contribution in [0.5, 0.6) is 11.5 Å². The fraction of sp³-hybridized carbons (Fsp3) is 0.368. The second-order valence-electron chi connectivity index (χ2n) is 5.70. The molecule has 0 aromatic heterocycles. The maximum atomic E-state index is 6.15. The van der Waals surface area contributed by atoms with Crippen LogP contribution in [-0.4, -0.2) is 6.54 Å². The van der Waals surface area contributed by atoms with Gasteiger partial charge in [0.25, 0.3) is 0 Å². The Hall–Kier alpha value is -1.80. The molecule has 2 heteroatoms. The first-order chi connectivity index (χ1) is 10.2. The Morgan fingerprint density at radius 3 is 2.10 bits per heavy atom. The molecule has 2 nitrogen and oxygen atoms in total. The first kappa shape index (κ1) is 15.6. The highest BCUT2D eigenvalue weighted by atomic mass is 16.5. The minimum Gasteiger partial charge on any atom is -0.457 e. The lowest BCUT2D eigenvalue weighted by Crippen LogP contribution is -2.19. The highest BCUT2D eigenvalue weighted by Crippen LogP contribution is 2.28. The summed E-state index contributed by atoms with van der Waals surface area (Å²) in [6.45, 7) is 8.43. The van der Waals surface area contributed by atoms with E-state index < -0.39 is 0 Å². The third-order valence-electron chi connectivity index (χ3n) is 3.41. The molecule has 0 bridgehead atoms. The van der Waals surface area contributed by atoms with Gasteiger partial charge in [0.05, 0.1) is 0 Å². The van der Waals surface area contributed by atoms with Gasteiger partial charge in [0.1, 0.15) is 11.5 Å². The van der Waals surface area contributed by atoms with Crippen molar-refractivity contribution in [3.8, 4) is 11.5 Å². The van der Waals surface area contributed by atoms with Gasteiger partial charge in [0.15, 0.2) is 0 Å². The largest absolute Gasteiger partial charge is 0.457 e. The van der Waals surface area contributed by atoms with Crippen LogP contribution >= 0.6 is 0 Å². The summed E-state index contributed by atoms with van der Waals surface area (Å²) in [5, 5.41) is 3.48. The van der Waals surface area contributed by atoms with Crippen LogP contribution in [0.15, 0.2) is 48.5 Å². The molecule has 1 N–H and O–H groups in total. The Labute approximate surface area is 128 Å². The Balaban J connectivity index is 2.12. The Bertz CT molecular complexity index is 563. The minimum atomic E-state index is 0.652. The van der Waals surface area contributed by atoms with Crippen LogP contribution in [0.4, 0.5) is 0 Å². The van der Waals surface area contributed by atoms with Crippen LogP contribution in [-0.2, 0) is 13.0 Å². The van der Waals surface area contributed by atoms with Gasteiger partial charge in [-0.2, -0.15) is 0 Å². The van der Waals surface area contributed by atoms with E-state index in [9.17, 15) is 0 Å². The van der Waals surface area contributed by atoms with E-state index in [0.29, 0.717) is 5.92 Å². The number of hydrogen-bond donors (Lipinski definition) is 1. The van der Waals surface area contributed by atoms with Crippen LogP contribution in [0, 0.1) is 5.92 Å². The van der Waals surface area contributed by atoms with Crippen LogP contribution < -0.4 is 10.1 Å². The van der Waals surface area contributed by atoms with E-state index in [1.54, 1.807) is 0 Å². The van der Waals surface area contributed by atoms with Crippen molar-refractivity contribution in [2.45, 2.75) is 33.7 Å². The summed E-state index contributed by atoms with van der Waals surface area (Å²) in [6.07, 6.45) is 0.976. The topological polar surface area (TPSA) is 21.3 Å². The summed E-state index contributed by atoms with van der Waals surface area (Å²) in [5.41, 5.74) is 2.44. The molecule has 0 heterocycles. The van der Waals surface area contributed by atoms with Crippen molar-refractivity contribution in [1.29, 1.82) is 0 Å². The van der Waals surface area contributed by atoms with Crippen molar-refractivity contribution >= 4 is 0 Å². The van der Waals surface area contributed by atoms with Crippen molar-refractivity contribution in [3.05, 3.63) is 59.7 Å². The minimum absolute atomic E-state index is 0.652. The van der Waals surface area contributed by atoms with Crippen molar-refractivity contribution in [1.82, 2.24) is 5.32 Å². The Morgan fingerprint density at radius 1 is 0.905 bits per heavy atom. The smallest absolute Gasteiger partial charge is 0.131 e. The zero-order valence-electron chi connectivity index (χ0n) is 13.2. The third-order valence-corrected chi connectivity index (χ3v) is 3.41. The van der Waals surface area contributed by atoms with Gasteiger partial charge < -0.3 is 10.1 Å². The molecule has 2 aromatic carbocycles. The summed E-state index contributed by atoms with van der Waals surface area (Å²) in [7, 11) is 0. The number of hydrogen-bond acceptors (Lipinski definition) is 2. The molecule has 0 aliphatic carbocycles. The molecule has 0 saturated carbocycles. The number of benzene rings is 2. The quantitative estimate of drug-likeness (QED) is 0.789. The second-order valence-corrected chi connectivity index (χ2v) is 5.70. The van der Waals surface area contributed by atoms with E-state index in [1.807, 2.05) is 24.3 Å². The molecule has 21 heavy (non-hydrogen) atoms. The number of aryl methyl sites for hydroxylation is 1. The number of ether oxygens (including phenoxy) is 1. The molecule has 2 rings (SSSR count). The highest BCUT2D eigenvalue weighted by molar-refractivity contribution is 5.41. The Morgan fingerprint density at radius 2 is 1.48 bits per heavy atom. The monoisotopic (exact) mass is 283 g/mol. The summed E-state index contributed by atoms with van der Waals surface area (Å²) < 4.78 is 6.15. The first-order valence-corrected chi connectivity index (χ1v) is 7.75. The van der Waals surface area contributed by atoms with Gasteiger partial charge in [-0.05, 0) is 36.6 Å².